The largest absolute Gasteiger partial charge is 0.478 e. The number of nitriles is 1. The Labute approximate surface area is 249 Å². The highest BCUT2D eigenvalue weighted by molar-refractivity contribution is 5.94. The summed E-state index contributed by atoms with van der Waals surface area (Å²) < 4.78 is 32.8. The first-order valence-electron chi connectivity index (χ1n) is 14.1. The third-order valence-corrected chi connectivity index (χ3v) is 7.75. The zero-order chi connectivity index (χ0) is 30.3. The molecule has 5 rings (SSSR count). The molecular weight excluding hydrogens is 553 g/mol. The summed E-state index contributed by atoms with van der Waals surface area (Å²) in [5, 5.41) is 18.6. The van der Waals surface area contributed by atoms with Crippen LogP contribution in [-0.2, 0) is 35.8 Å². The SMILES string of the molecule is COCCn1c(CN2CCC(c3cccc(OCc4ccc(C#N)cc4F)n3)CC2)nc2c(COC)cc(C(=O)O)cc21. The molecule has 1 N–H and O–H groups in total. The number of methoxy groups -OCH3 is 2. The molecule has 43 heavy (non-hydrogen) atoms. The van der Waals surface area contributed by atoms with Crippen molar-refractivity contribution >= 4 is 17.0 Å². The topological polar surface area (TPSA) is 123 Å². The Morgan fingerprint density at radius 2 is 1.88 bits per heavy atom. The lowest BCUT2D eigenvalue weighted by atomic mass is 9.93. The quantitative estimate of drug-likeness (QED) is 0.247. The molecule has 0 radical (unpaired) electrons. The molecule has 2 aromatic carbocycles. The molecule has 10 nitrogen and oxygen atoms in total. The normalized spacial score (nSPS) is 14.2. The maximum atomic E-state index is 14.3. The Morgan fingerprint density at radius 1 is 1.07 bits per heavy atom. The maximum absolute atomic E-state index is 14.3. The number of piperidine rings is 1. The average molecular weight is 588 g/mol. The Hall–Kier alpha value is -4.37. The monoisotopic (exact) mass is 587 g/mol. The van der Waals surface area contributed by atoms with Gasteiger partial charge < -0.3 is 23.9 Å². The van der Waals surface area contributed by atoms with Crippen molar-refractivity contribution < 1.29 is 28.5 Å². The van der Waals surface area contributed by atoms with Crippen molar-refractivity contribution in [1.29, 1.82) is 5.26 Å². The van der Waals surface area contributed by atoms with Crippen molar-refractivity contribution in [2.24, 2.45) is 0 Å². The number of carbonyl (C=O) groups is 1. The molecule has 11 heteroatoms. The number of halogens is 1. The van der Waals surface area contributed by atoms with Crippen LogP contribution in [0.5, 0.6) is 5.88 Å². The maximum Gasteiger partial charge on any atom is 0.335 e. The minimum atomic E-state index is -0.994. The number of carboxylic acid groups (broad SMARTS) is 1. The number of benzene rings is 2. The van der Waals surface area contributed by atoms with Gasteiger partial charge in [-0.3, -0.25) is 4.90 Å². The number of rotatable bonds is 12. The van der Waals surface area contributed by atoms with Crippen LogP contribution in [-0.4, -0.2) is 64.4 Å². The molecule has 1 saturated heterocycles. The van der Waals surface area contributed by atoms with Crippen LogP contribution in [0.2, 0.25) is 0 Å². The molecule has 2 aromatic heterocycles. The summed E-state index contributed by atoms with van der Waals surface area (Å²) in [6.07, 6.45) is 1.80. The van der Waals surface area contributed by atoms with E-state index >= 15 is 0 Å². The van der Waals surface area contributed by atoms with Crippen LogP contribution in [0.15, 0.2) is 48.5 Å². The first kappa shape index (κ1) is 30.1. The molecular formula is C32H34FN5O5. The van der Waals surface area contributed by atoms with E-state index in [1.54, 1.807) is 44.6 Å². The van der Waals surface area contributed by atoms with Crippen LogP contribution >= 0.6 is 0 Å². The lowest BCUT2D eigenvalue weighted by Crippen LogP contribution is -2.33. The lowest BCUT2D eigenvalue weighted by molar-refractivity contribution is 0.0696. The lowest BCUT2D eigenvalue weighted by Gasteiger charge is -2.31. The van der Waals surface area contributed by atoms with Gasteiger partial charge in [0.1, 0.15) is 18.2 Å². The summed E-state index contributed by atoms with van der Waals surface area (Å²) in [5.41, 5.74) is 4.02. The van der Waals surface area contributed by atoms with Crippen LogP contribution in [0.25, 0.3) is 11.0 Å². The Balaban J connectivity index is 1.26. The van der Waals surface area contributed by atoms with Gasteiger partial charge in [-0.1, -0.05) is 12.1 Å². The van der Waals surface area contributed by atoms with Gasteiger partial charge in [0.25, 0.3) is 0 Å². The number of aromatic nitrogens is 3. The molecule has 4 aromatic rings. The number of hydrogen-bond acceptors (Lipinski definition) is 8. The second-order valence-electron chi connectivity index (χ2n) is 10.6. The van der Waals surface area contributed by atoms with Crippen LogP contribution in [0, 0.1) is 17.1 Å². The first-order chi connectivity index (χ1) is 20.9. The van der Waals surface area contributed by atoms with Gasteiger partial charge in [-0.05, 0) is 56.3 Å². The highest BCUT2D eigenvalue weighted by Crippen LogP contribution is 2.30. The van der Waals surface area contributed by atoms with Crippen molar-refractivity contribution in [2.75, 3.05) is 33.9 Å². The van der Waals surface area contributed by atoms with Gasteiger partial charge in [0.15, 0.2) is 0 Å². The number of nitrogens with zero attached hydrogens (tertiary/aromatic N) is 5. The number of likely N-dealkylation sites (tertiary alicyclic amines) is 1. The van der Waals surface area contributed by atoms with E-state index in [-0.39, 0.29) is 30.3 Å². The average Bonchev–Trinajstić information content (AvgIpc) is 3.36. The predicted molar refractivity (Wildman–Crippen MR) is 156 cm³/mol. The second-order valence-corrected chi connectivity index (χ2v) is 10.6. The number of fused-ring (bicyclic) bond motifs is 1. The summed E-state index contributed by atoms with van der Waals surface area (Å²) in [4.78, 5) is 23.8. The van der Waals surface area contributed by atoms with E-state index in [1.807, 2.05) is 18.2 Å². The van der Waals surface area contributed by atoms with Crippen LogP contribution in [0.3, 0.4) is 0 Å². The van der Waals surface area contributed by atoms with Crippen molar-refractivity contribution in [3.63, 3.8) is 0 Å². The van der Waals surface area contributed by atoms with E-state index in [0.29, 0.717) is 31.1 Å². The third-order valence-electron chi connectivity index (χ3n) is 7.75. The molecule has 1 aliphatic rings. The summed E-state index contributed by atoms with van der Waals surface area (Å²) >= 11 is 0. The van der Waals surface area contributed by atoms with E-state index < -0.39 is 11.8 Å². The van der Waals surface area contributed by atoms with Gasteiger partial charge in [-0.25, -0.2) is 19.2 Å². The molecule has 1 aliphatic heterocycles. The molecule has 0 saturated carbocycles. The van der Waals surface area contributed by atoms with Gasteiger partial charge in [0.2, 0.25) is 5.88 Å². The van der Waals surface area contributed by atoms with Gasteiger partial charge in [-0.15, -0.1) is 0 Å². The minimum absolute atomic E-state index is 0.0244. The fourth-order valence-corrected chi connectivity index (χ4v) is 5.49. The molecule has 0 bridgehead atoms. The summed E-state index contributed by atoms with van der Waals surface area (Å²) in [6, 6.07) is 15.2. The number of pyridine rings is 1. The molecule has 1 fully saturated rings. The summed E-state index contributed by atoms with van der Waals surface area (Å²) in [6.45, 7) is 3.61. The van der Waals surface area contributed by atoms with Crippen molar-refractivity contribution in [1.82, 2.24) is 19.4 Å². The second kappa shape index (κ2) is 13.7. The van der Waals surface area contributed by atoms with E-state index in [1.165, 1.54) is 6.07 Å². The van der Waals surface area contributed by atoms with Gasteiger partial charge >= 0.3 is 5.97 Å². The van der Waals surface area contributed by atoms with Crippen LogP contribution in [0.4, 0.5) is 4.39 Å². The van der Waals surface area contributed by atoms with Crippen molar-refractivity contribution in [2.45, 2.75) is 45.1 Å². The van der Waals surface area contributed by atoms with Crippen molar-refractivity contribution in [3.8, 4) is 11.9 Å². The zero-order valence-electron chi connectivity index (χ0n) is 24.3. The number of ether oxygens (including phenoxy) is 3. The predicted octanol–water partition coefficient (Wildman–Crippen LogP) is 4.89. The number of carboxylic acids is 1. The van der Waals surface area contributed by atoms with Gasteiger partial charge in [0.05, 0.1) is 48.0 Å². The Morgan fingerprint density at radius 3 is 2.58 bits per heavy atom. The Kier molecular flexibility index (Phi) is 9.61. The van der Waals surface area contributed by atoms with E-state index in [9.17, 15) is 14.3 Å². The molecule has 3 heterocycles. The summed E-state index contributed by atoms with van der Waals surface area (Å²) in [5.74, 6) is 0.0738. The Bertz CT molecular complexity index is 1640. The molecule has 0 unspecified atom stereocenters. The van der Waals surface area contributed by atoms with E-state index in [0.717, 1.165) is 54.0 Å². The van der Waals surface area contributed by atoms with Crippen LogP contribution in [0.1, 0.15) is 57.3 Å². The number of imidazole rings is 1. The molecule has 0 amide bonds. The van der Waals surface area contributed by atoms with E-state index in [4.69, 9.17) is 29.4 Å². The fraction of sp³-hybridized carbons (Fsp3) is 0.375. The smallest absolute Gasteiger partial charge is 0.335 e. The van der Waals surface area contributed by atoms with Crippen LogP contribution < -0.4 is 4.74 Å². The van der Waals surface area contributed by atoms with E-state index in [2.05, 4.69) is 9.47 Å². The molecule has 0 spiro atoms. The first-order valence-corrected chi connectivity index (χ1v) is 14.1. The molecule has 224 valence electrons. The number of hydrogen-bond donors (Lipinski definition) is 1. The molecule has 0 aliphatic carbocycles. The zero-order valence-corrected chi connectivity index (χ0v) is 24.3. The minimum Gasteiger partial charge on any atom is -0.478 e. The summed E-state index contributed by atoms with van der Waals surface area (Å²) in [7, 11) is 3.22. The van der Waals surface area contributed by atoms with Crippen molar-refractivity contribution in [3.05, 3.63) is 88.1 Å². The van der Waals surface area contributed by atoms with Gasteiger partial charge in [0, 0.05) is 49.6 Å². The third kappa shape index (κ3) is 7.00. The standard InChI is InChI=1S/C32H34FN5O5/c1-41-13-12-38-28-16-24(32(39)40)15-25(19-42-2)31(28)36-29(38)18-37-10-8-22(9-11-37)27-4-3-5-30(35-27)43-20-23-7-6-21(17-34)14-26(23)33/h3-7,14-16,22H,8-13,18-20H2,1-2H3,(H,39,40). The van der Waals surface area contributed by atoms with Gasteiger partial charge in [-0.2, -0.15) is 5.26 Å². The highest BCUT2D eigenvalue weighted by atomic mass is 19.1. The molecule has 0 atom stereocenters. The fourth-order valence-electron chi connectivity index (χ4n) is 5.49. The highest BCUT2D eigenvalue weighted by Gasteiger charge is 2.25. The number of aromatic carboxylic acids is 1.